The molecule has 2 fully saturated rings. The Bertz CT molecular complexity index is 1570. The molecular formula is C33H34N4O9. The first kappa shape index (κ1) is 32.1. The van der Waals surface area contributed by atoms with Crippen LogP contribution in [0.15, 0.2) is 48.7 Å². The second-order valence-corrected chi connectivity index (χ2v) is 11.8. The Morgan fingerprint density at radius 1 is 0.652 bits per heavy atom. The lowest BCUT2D eigenvalue weighted by Crippen LogP contribution is -2.54. The van der Waals surface area contributed by atoms with Gasteiger partial charge in [0.15, 0.2) is 0 Å². The van der Waals surface area contributed by atoms with Gasteiger partial charge in [-0.2, -0.15) is 0 Å². The zero-order valence-electron chi connectivity index (χ0n) is 25.9. The summed E-state index contributed by atoms with van der Waals surface area (Å²) in [5.74, 6) is -2.72. The number of allylic oxidation sites excluding steroid dienone is 1. The standard InChI is InChI=1S/C17H18N2O4.C16H16N2O5/c1-9(2)23-13-6-4-5-11-14(13)17(22)19(16(11)21)12-8-7-10(3)18-15(12)20;1-8(2)23-11-5-3-4-9-13(11)16(22)18(15(9)21)10-6-7-12(19)17-14(10)20/h4-6,9,12H,3,7-8H2,1-2H3,(H,18,20);3-5,8,10H,6-7H2,1-2H3,(H,17,19,20)/t12-;10-/m10/s1. The molecule has 0 spiro atoms. The van der Waals surface area contributed by atoms with Crippen LogP contribution in [0, 0.1) is 0 Å². The van der Waals surface area contributed by atoms with E-state index in [-0.39, 0.29) is 53.2 Å². The third-order valence-corrected chi connectivity index (χ3v) is 7.70. The van der Waals surface area contributed by atoms with Crippen LogP contribution in [0.2, 0.25) is 0 Å². The summed E-state index contributed by atoms with van der Waals surface area (Å²) in [7, 11) is 0. The third kappa shape index (κ3) is 5.87. The number of nitrogens with zero attached hydrogens (tertiary/aromatic N) is 2. The minimum absolute atomic E-state index is 0.0964. The van der Waals surface area contributed by atoms with E-state index in [0.717, 1.165) is 9.80 Å². The second-order valence-electron chi connectivity index (χ2n) is 11.8. The van der Waals surface area contributed by atoms with Crippen molar-refractivity contribution in [3.05, 3.63) is 70.9 Å². The van der Waals surface area contributed by atoms with Crippen LogP contribution >= 0.6 is 0 Å². The number of fused-ring (bicyclic) bond motifs is 2. The van der Waals surface area contributed by atoms with Crippen molar-refractivity contribution in [1.82, 2.24) is 20.4 Å². The second kappa shape index (κ2) is 12.6. The lowest BCUT2D eigenvalue weighted by atomic mass is 10.0. The van der Waals surface area contributed by atoms with Crippen molar-refractivity contribution >= 4 is 41.4 Å². The Hall–Kier alpha value is -5.33. The molecule has 2 aromatic carbocycles. The monoisotopic (exact) mass is 630 g/mol. The normalized spacial score (nSPS) is 20.8. The van der Waals surface area contributed by atoms with Gasteiger partial charge in [0, 0.05) is 12.1 Å². The molecule has 6 rings (SSSR count). The highest BCUT2D eigenvalue weighted by Crippen LogP contribution is 2.35. The van der Waals surface area contributed by atoms with Gasteiger partial charge in [0.1, 0.15) is 23.6 Å². The van der Waals surface area contributed by atoms with E-state index in [1.165, 1.54) is 6.07 Å². The number of piperidine rings is 2. The number of ether oxygens (including phenoxy) is 2. The van der Waals surface area contributed by atoms with Crippen molar-refractivity contribution in [2.75, 3.05) is 0 Å². The molecule has 4 heterocycles. The molecule has 2 atom stereocenters. The Balaban J connectivity index is 0.000000181. The Morgan fingerprint density at radius 3 is 1.50 bits per heavy atom. The van der Waals surface area contributed by atoms with Gasteiger partial charge >= 0.3 is 0 Å². The number of nitrogens with one attached hydrogen (secondary N) is 2. The van der Waals surface area contributed by atoms with E-state index in [9.17, 15) is 33.6 Å². The number of rotatable bonds is 6. The molecule has 0 saturated carbocycles. The van der Waals surface area contributed by atoms with E-state index in [1.807, 2.05) is 27.7 Å². The molecule has 0 aromatic heterocycles. The molecule has 240 valence electrons. The zero-order chi connectivity index (χ0) is 33.4. The van der Waals surface area contributed by atoms with E-state index in [4.69, 9.17) is 9.47 Å². The van der Waals surface area contributed by atoms with Crippen molar-refractivity contribution in [2.45, 2.75) is 77.7 Å². The zero-order valence-corrected chi connectivity index (χ0v) is 25.9. The van der Waals surface area contributed by atoms with Crippen molar-refractivity contribution in [1.29, 1.82) is 0 Å². The summed E-state index contributed by atoms with van der Waals surface area (Å²) in [4.78, 5) is 88.0. The van der Waals surface area contributed by atoms with Crippen LogP contribution in [-0.4, -0.2) is 75.4 Å². The average Bonchev–Trinajstić information content (AvgIpc) is 3.38. The number of hydrogen-bond donors (Lipinski definition) is 2. The van der Waals surface area contributed by atoms with Crippen molar-refractivity contribution in [2.24, 2.45) is 0 Å². The lowest BCUT2D eigenvalue weighted by Gasteiger charge is -2.29. The number of hydrogen-bond acceptors (Lipinski definition) is 9. The molecule has 13 heteroatoms. The van der Waals surface area contributed by atoms with Crippen LogP contribution in [0.5, 0.6) is 11.5 Å². The fraction of sp³-hybridized carbons (Fsp3) is 0.364. The first-order valence-electron chi connectivity index (χ1n) is 15.0. The first-order valence-corrected chi connectivity index (χ1v) is 15.0. The SMILES string of the molecule is C=C1CC[C@@H](N2C(=O)c3cccc(OC(C)C)c3C2=O)C(=O)N1.CC(C)Oc1cccc2c1C(=O)N([C@H]1CCC(=O)NC1=O)C2=O. The van der Waals surface area contributed by atoms with Gasteiger partial charge < -0.3 is 14.8 Å². The molecule has 46 heavy (non-hydrogen) atoms. The maximum Gasteiger partial charge on any atom is 0.266 e. The first-order chi connectivity index (χ1) is 21.8. The van der Waals surface area contributed by atoms with Gasteiger partial charge in [-0.1, -0.05) is 18.7 Å². The van der Waals surface area contributed by atoms with Gasteiger partial charge in [0.2, 0.25) is 17.7 Å². The summed E-state index contributed by atoms with van der Waals surface area (Å²) >= 11 is 0. The maximum absolute atomic E-state index is 12.8. The average molecular weight is 631 g/mol. The number of imide groups is 3. The fourth-order valence-corrected chi connectivity index (χ4v) is 5.75. The largest absolute Gasteiger partial charge is 0.490 e. The van der Waals surface area contributed by atoms with E-state index >= 15 is 0 Å². The third-order valence-electron chi connectivity index (χ3n) is 7.70. The van der Waals surface area contributed by atoms with Crippen molar-refractivity contribution in [3.8, 4) is 11.5 Å². The predicted octanol–water partition coefficient (Wildman–Crippen LogP) is 2.74. The quantitative estimate of drug-likeness (QED) is 0.456. The van der Waals surface area contributed by atoms with Gasteiger partial charge in [-0.25, -0.2) is 0 Å². The molecule has 2 saturated heterocycles. The number of carbonyl (C=O) groups excluding carboxylic acids is 7. The molecule has 7 amide bonds. The van der Waals surface area contributed by atoms with Gasteiger partial charge in [-0.3, -0.25) is 48.7 Å². The molecular weight excluding hydrogens is 596 g/mol. The Morgan fingerprint density at radius 2 is 1.09 bits per heavy atom. The molecule has 2 N–H and O–H groups in total. The molecule has 0 radical (unpaired) electrons. The summed E-state index contributed by atoms with van der Waals surface area (Å²) in [6, 6.07) is 7.95. The van der Waals surface area contributed by atoms with Gasteiger partial charge in [0.25, 0.3) is 23.6 Å². The summed E-state index contributed by atoms with van der Waals surface area (Å²) in [6.45, 7) is 11.0. The highest BCUT2D eigenvalue weighted by molar-refractivity contribution is 6.25. The lowest BCUT2D eigenvalue weighted by molar-refractivity contribution is -0.136. The number of carbonyl (C=O) groups is 7. The summed E-state index contributed by atoms with van der Waals surface area (Å²) < 4.78 is 11.2. The van der Waals surface area contributed by atoms with Crippen LogP contribution in [0.3, 0.4) is 0 Å². The van der Waals surface area contributed by atoms with Crippen LogP contribution < -0.4 is 20.1 Å². The van der Waals surface area contributed by atoms with Gasteiger partial charge in [0.05, 0.1) is 34.5 Å². The van der Waals surface area contributed by atoms with Crippen LogP contribution in [0.1, 0.15) is 94.8 Å². The molecule has 13 nitrogen and oxygen atoms in total. The van der Waals surface area contributed by atoms with Crippen LogP contribution in [0.25, 0.3) is 0 Å². The Labute approximate surface area is 264 Å². The minimum Gasteiger partial charge on any atom is -0.490 e. The molecule has 4 aliphatic heterocycles. The van der Waals surface area contributed by atoms with E-state index in [1.54, 1.807) is 30.3 Å². The van der Waals surface area contributed by atoms with Gasteiger partial charge in [-0.05, 0) is 71.2 Å². The number of benzene rings is 2. The Kier molecular flexibility index (Phi) is 8.77. The van der Waals surface area contributed by atoms with Crippen LogP contribution in [0.4, 0.5) is 0 Å². The topological polar surface area (TPSA) is 168 Å². The minimum atomic E-state index is -0.966. The van der Waals surface area contributed by atoms with Crippen molar-refractivity contribution in [3.63, 3.8) is 0 Å². The predicted molar refractivity (Wildman–Crippen MR) is 162 cm³/mol. The maximum atomic E-state index is 12.8. The van der Waals surface area contributed by atoms with Crippen LogP contribution in [-0.2, 0) is 14.4 Å². The molecule has 0 aliphatic carbocycles. The fourth-order valence-electron chi connectivity index (χ4n) is 5.75. The smallest absolute Gasteiger partial charge is 0.266 e. The molecule has 2 aromatic rings. The molecule has 0 bridgehead atoms. The summed E-state index contributed by atoms with van der Waals surface area (Å²) in [5, 5.41) is 4.78. The highest BCUT2D eigenvalue weighted by atomic mass is 16.5. The molecule has 0 unspecified atom stereocenters. The van der Waals surface area contributed by atoms with Crippen molar-refractivity contribution < 1.29 is 43.0 Å². The van der Waals surface area contributed by atoms with E-state index in [2.05, 4.69) is 17.2 Å². The number of amides is 7. The summed E-state index contributed by atoms with van der Waals surface area (Å²) in [6.07, 6.45) is 0.875. The van der Waals surface area contributed by atoms with E-state index in [0.29, 0.717) is 30.0 Å². The van der Waals surface area contributed by atoms with E-state index < -0.39 is 47.5 Å². The molecule has 4 aliphatic rings. The highest BCUT2D eigenvalue weighted by Gasteiger charge is 2.47. The van der Waals surface area contributed by atoms with Gasteiger partial charge in [-0.15, -0.1) is 0 Å². The summed E-state index contributed by atoms with van der Waals surface area (Å²) in [5.41, 5.74) is 1.52.